The first kappa shape index (κ1) is 17.6. The molecule has 0 radical (unpaired) electrons. The second-order valence-corrected chi connectivity index (χ2v) is 7.58. The van der Waals surface area contributed by atoms with Crippen molar-refractivity contribution in [1.29, 1.82) is 0 Å². The molecule has 1 aliphatic rings. The average Bonchev–Trinajstić information content (AvgIpc) is 3.28. The van der Waals surface area contributed by atoms with Crippen LogP contribution in [0.3, 0.4) is 0 Å². The van der Waals surface area contributed by atoms with Crippen LogP contribution in [0.5, 0.6) is 0 Å². The molecular weight excluding hydrogens is 368 g/mol. The molecule has 9 heteroatoms. The average molecular weight is 390 g/mol. The predicted octanol–water partition coefficient (Wildman–Crippen LogP) is 2.66. The van der Waals surface area contributed by atoms with Crippen LogP contribution in [0.2, 0.25) is 0 Å². The number of hydrogen-bond donors (Lipinski definition) is 2. The van der Waals surface area contributed by atoms with Crippen molar-refractivity contribution >= 4 is 28.4 Å². The summed E-state index contributed by atoms with van der Waals surface area (Å²) < 4.78 is 3.54. The molecule has 0 bridgehead atoms. The number of fused-ring (bicyclic) bond motifs is 2. The minimum Gasteiger partial charge on any atom is -0.373 e. The highest BCUT2D eigenvalue weighted by Gasteiger charge is 2.26. The van der Waals surface area contributed by atoms with Gasteiger partial charge in [-0.05, 0) is 38.8 Å². The minimum absolute atomic E-state index is 0.145. The Labute approximate surface area is 167 Å². The van der Waals surface area contributed by atoms with E-state index in [9.17, 15) is 4.79 Å². The molecule has 1 fully saturated rings. The first-order valence-corrected chi connectivity index (χ1v) is 9.78. The summed E-state index contributed by atoms with van der Waals surface area (Å²) in [5.41, 5.74) is 3.17. The van der Waals surface area contributed by atoms with Crippen molar-refractivity contribution in [2.75, 3.05) is 12.4 Å². The number of aromatic nitrogens is 6. The fourth-order valence-electron chi connectivity index (χ4n) is 3.44. The summed E-state index contributed by atoms with van der Waals surface area (Å²) in [4.78, 5) is 22.0. The van der Waals surface area contributed by atoms with Gasteiger partial charge in [0.2, 0.25) is 0 Å². The first-order chi connectivity index (χ1) is 14.1. The van der Waals surface area contributed by atoms with Gasteiger partial charge >= 0.3 is 0 Å². The Morgan fingerprint density at radius 2 is 2.10 bits per heavy atom. The molecule has 0 aromatic carbocycles. The van der Waals surface area contributed by atoms with Gasteiger partial charge in [0.1, 0.15) is 17.1 Å². The zero-order chi connectivity index (χ0) is 20.1. The third-order valence-corrected chi connectivity index (χ3v) is 5.08. The van der Waals surface area contributed by atoms with Gasteiger partial charge in [-0.1, -0.05) is 0 Å². The third kappa shape index (κ3) is 2.89. The lowest BCUT2D eigenvalue weighted by atomic mass is 10.2. The fourth-order valence-corrected chi connectivity index (χ4v) is 3.44. The maximum atomic E-state index is 12.7. The molecule has 0 atom stereocenters. The van der Waals surface area contributed by atoms with Crippen molar-refractivity contribution in [3.63, 3.8) is 0 Å². The van der Waals surface area contributed by atoms with Crippen LogP contribution in [0.4, 0.5) is 5.82 Å². The molecule has 0 saturated heterocycles. The van der Waals surface area contributed by atoms with E-state index in [-0.39, 0.29) is 18.0 Å². The number of carbonyl (C=O) groups excluding carboxylic acids is 1. The van der Waals surface area contributed by atoms with Crippen molar-refractivity contribution in [1.82, 2.24) is 34.7 Å². The molecule has 9 nitrogen and oxygen atoms in total. The molecule has 29 heavy (non-hydrogen) atoms. The largest absolute Gasteiger partial charge is 0.373 e. The number of amides is 1. The van der Waals surface area contributed by atoms with Gasteiger partial charge in [0.25, 0.3) is 5.91 Å². The maximum Gasteiger partial charge on any atom is 0.256 e. The van der Waals surface area contributed by atoms with Gasteiger partial charge in [0, 0.05) is 36.8 Å². The summed E-state index contributed by atoms with van der Waals surface area (Å²) in [7, 11) is 1.82. The van der Waals surface area contributed by atoms with E-state index in [0.717, 1.165) is 35.4 Å². The molecule has 1 saturated carbocycles. The van der Waals surface area contributed by atoms with E-state index in [4.69, 9.17) is 10.1 Å². The summed E-state index contributed by atoms with van der Waals surface area (Å²) in [5, 5.41) is 16.2. The normalized spacial score (nSPS) is 14.1. The molecule has 0 spiro atoms. The van der Waals surface area contributed by atoms with Crippen molar-refractivity contribution in [2.24, 2.45) is 0 Å². The maximum absolute atomic E-state index is 12.7. The first-order valence-electron chi connectivity index (χ1n) is 9.78. The molecule has 0 aliphatic heterocycles. The lowest BCUT2D eigenvalue weighted by Crippen LogP contribution is -2.25. The second-order valence-electron chi connectivity index (χ2n) is 7.58. The standard InChI is InChI=1S/C20H22N8O/c1-11(2)27-18-13(5-4-8-22-18)17(26-27)15-9-16(21-3)28-19(25-15)14(10-23-28)20(29)24-12-6-7-12/h4-5,8-12,21H,6-7H2,1-3H3,(H,24,29). The molecule has 4 heterocycles. The summed E-state index contributed by atoms with van der Waals surface area (Å²) in [5.74, 6) is 0.583. The van der Waals surface area contributed by atoms with E-state index >= 15 is 0 Å². The van der Waals surface area contributed by atoms with Crippen LogP contribution in [0.25, 0.3) is 28.1 Å². The zero-order valence-electron chi connectivity index (χ0n) is 16.5. The highest BCUT2D eigenvalue weighted by molar-refractivity contribution is 6.00. The number of nitrogens with zero attached hydrogens (tertiary/aromatic N) is 6. The van der Waals surface area contributed by atoms with E-state index in [1.165, 1.54) is 0 Å². The van der Waals surface area contributed by atoms with Crippen molar-refractivity contribution in [2.45, 2.75) is 38.8 Å². The monoisotopic (exact) mass is 390 g/mol. The number of anilines is 1. The quantitative estimate of drug-likeness (QED) is 0.543. The number of carbonyl (C=O) groups is 1. The zero-order valence-corrected chi connectivity index (χ0v) is 16.5. The Morgan fingerprint density at radius 3 is 2.83 bits per heavy atom. The van der Waals surface area contributed by atoms with Gasteiger partial charge in [0.05, 0.1) is 11.9 Å². The number of nitrogens with one attached hydrogen (secondary N) is 2. The van der Waals surface area contributed by atoms with Crippen LogP contribution >= 0.6 is 0 Å². The molecule has 2 N–H and O–H groups in total. The lowest BCUT2D eigenvalue weighted by Gasteiger charge is -2.08. The van der Waals surface area contributed by atoms with Gasteiger partial charge in [-0.15, -0.1) is 0 Å². The minimum atomic E-state index is -0.145. The molecule has 5 rings (SSSR count). The van der Waals surface area contributed by atoms with Crippen molar-refractivity contribution in [3.05, 3.63) is 36.2 Å². The molecule has 1 amide bonds. The Morgan fingerprint density at radius 1 is 1.28 bits per heavy atom. The lowest BCUT2D eigenvalue weighted by molar-refractivity contribution is 0.0952. The van der Waals surface area contributed by atoms with Crippen LogP contribution in [0.15, 0.2) is 30.6 Å². The van der Waals surface area contributed by atoms with Gasteiger partial charge in [-0.2, -0.15) is 14.7 Å². The highest BCUT2D eigenvalue weighted by Crippen LogP contribution is 2.30. The Kier molecular flexibility index (Phi) is 3.97. The molecule has 4 aromatic heterocycles. The Balaban J connectivity index is 1.71. The van der Waals surface area contributed by atoms with E-state index in [1.54, 1.807) is 16.9 Å². The number of rotatable bonds is 5. The van der Waals surface area contributed by atoms with Crippen LogP contribution in [0.1, 0.15) is 43.1 Å². The van der Waals surface area contributed by atoms with Crippen LogP contribution in [0, 0.1) is 0 Å². The molecule has 0 unspecified atom stereocenters. The molecule has 148 valence electrons. The van der Waals surface area contributed by atoms with Crippen LogP contribution in [-0.4, -0.2) is 48.4 Å². The third-order valence-electron chi connectivity index (χ3n) is 5.08. The van der Waals surface area contributed by atoms with E-state index in [1.807, 2.05) is 29.9 Å². The van der Waals surface area contributed by atoms with E-state index < -0.39 is 0 Å². The van der Waals surface area contributed by atoms with Gasteiger partial charge in [-0.25, -0.2) is 14.6 Å². The summed E-state index contributed by atoms with van der Waals surface area (Å²) >= 11 is 0. The smallest absolute Gasteiger partial charge is 0.256 e. The Hall–Kier alpha value is -3.49. The summed E-state index contributed by atoms with van der Waals surface area (Å²) in [6.45, 7) is 4.13. The van der Waals surface area contributed by atoms with E-state index in [0.29, 0.717) is 16.9 Å². The fraction of sp³-hybridized carbons (Fsp3) is 0.350. The highest BCUT2D eigenvalue weighted by atomic mass is 16.1. The second kappa shape index (κ2) is 6.54. The van der Waals surface area contributed by atoms with Gasteiger partial charge < -0.3 is 10.6 Å². The SMILES string of the molecule is CNc1cc(-c2nn(C(C)C)c3ncccc23)nc2c(C(=O)NC3CC3)cnn12. The van der Waals surface area contributed by atoms with E-state index in [2.05, 4.69) is 34.6 Å². The predicted molar refractivity (Wildman–Crippen MR) is 110 cm³/mol. The van der Waals surface area contributed by atoms with Crippen LogP contribution < -0.4 is 10.6 Å². The summed E-state index contributed by atoms with van der Waals surface area (Å²) in [6.07, 6.45) is 5.38. The van der Waals surface area contributed by atoms with Crippen LogP contribution in [-0.2, 0) is 0 Å². The van der Waals surface area contributed by atoms with Crippen molar-refractivity contribution < 1.29 is 4.79 Å². The van der Waals surface area contributed by atoms with Gasteiger partial charge in [-0.3, -0.25) is 4.79 Å². The molecule has 1 aliphatic carbocycles. The number of hydrogen-bond acceptors (Lipinski definition) is 6. The molecule has 4 aromatic rings. The molecular formula is C20H22N8O. The van der Waals surface area contributed by atoms with Gasteiger partial charge in [0.15, 0.2) is 11.3 Å². The number of pyridine rings is 1. The Bertz CT molecular complexity index is 1230. The van der Waals surface area contributed by atoms with Crippen molar-refractivity contribution in [3.8, 4) is 11.4 Å². The topological polar surface area (TPSA) is 102 Å². The summed E-state index contributed by atoms with van der Waals surface area (Å²) in [6, 6.07) is 6.20.